The van der Waals surface area contributed by atoms with Crippen molar-refractivity contribution >= 4 is 23.7 Å². The van der Waals surface area contributed by atoms with E-state index in [9.17, 15) is 19.5 Å². The van der Waals surface area contributed by atoms with Gasteiger partial charge < -0.3 is 19.5 Å². The van der Waals surface area contributed by atoms with Crippen LogP contribution in [0.3, 0.4) is 0 Å². The molecule has 0 radical (unpaired) electrons. The van der Waals surface area contributed by atoms with Gasteiger partial charge in [0.2, 0.25) is 17.8 Å². The van der Waals surface area contributed by atoms with Crippen LogP contribution >= 0.6 is 0 Å². The molecular weight excluding hydrogens is 536 g/mol. The number of benzene rings is 3. The smallest absolute Gasteiger partial charge is 0.323 e. The molecule has 0 saturated carbocycles. The SMILES string of the molecule is COc1ccc(C(C)(C(=O)O)C(=O)N(CC(=O)Nc2nc(-c3ccccc3)cn2-c2ccccc2)C(C)C)cc1OC. The van der Waals surface area contributed by atoms with Gasteiger partial charge >= 0.3 is 5.97 Å². The van der Waals surface area contributed by atoms with E-state index in [4.69, 9.17) is 9.47 Å². The van der Waals surface area contributed by atoms with Crippen molar-refractivity contribution in [3.8, 4) is 28.4 Å². The number of aromatic nitrogens is 2. The molecule has 0 aliphatic rings. The average Bonchev–Trinajstić information content (AvgIpc) is 3.42. The van der Waals surface area contributed by atoms with E-state index in [0.29, 0.717) is 11.4 Å². The van der Waals surface area contributed by atoms with Crippen LogP contribution in [0.15, 0.2) is 85.1 Å². The molecule has 4 rings (SSSR count). The van der Waals surface area contributed by atoms with E-state index < -0.39 is 35.8 Å². The first-order valence-corrected chi connectivity index (χ1v) is 13.4. The molecule has 218 valence electrons. The zero-order valence-electron chi connectivity index (χ0n) is 24.2. The Hall–Kier alpha value is -5.12. The van der Waals surface area contributed by atoms with Crippen LogP contribution in [0.25, 0.3) is 16.9 Å². The second-order valence-corrected chi connectivity index (χ2v) is 10.1. The summed E-state index contributed by atoms with van der Waals surface area (Å²) in [5.74, 6) is -1.69. The molecule has 0 aliphatic carbocycles. The monoisotopic (exact) mass is 570 g/mol. The fourth-order valence-corrected chi connectivity index (χ4v) is 4.58. The molecule has 10 nitrogen and oxygen atoms in total. The minimum Gasteiger partial charge on any atom is -0.493 e. The predicted octanol–water partition coefficient (Wildman–Crippen LogP) is 4.77. The molecule has 2 N–H and O–H groups in total. The number of hydrogen-bond acceptors (Lipinski definition) is 6. The second-order valence-electron chi connectivity index (χ2n) is 10.1. The van der Waals surface area contributed by atoms with E-state index in [-0.39, 0.29) is 17.3 Å². The highest BCUT2D eigenvalue weighted by Crippen LogP contribution is 2.35. The van der Waals surface area contributed by atoms with E-state index >= 15 is 0 Å². The number of carbonyl (C=O) groups is 3. The van der Waals surface area contributed by atoms with Crippen LogP contribution in [-0.4, -0.2) is 64.1 Å². The van der Waals surface area contributed by atoms with Gasteiger partial charge in [0.1, 0.15) is 6.54 Å². The minimum absolute atomic E-state index is 0.191. The van der Waals surface area contributed by atoms with Gasteiger partial charge in [-0.3, -0.25) is 24.3 Å². The fraction of sp³-hybridized carbons (Fsp3) is 0.250. The highest BCUT2D eigenvalue weighted by molar-refractivity contribution is 6.09. The Morgan fingerprint density at radius 1 is 0.952 bits per heavy atom. The Labute approximate surface area is 244 Å². The van der Waals surface area contributed by atoms with Gasteiger partial charge in [-0.05, 0) is 50.6 Å². The van der Waals surface area contributed by atoms with Crippen molar-refractivity contribution in [2.75, 3.05) is 26.1 Å². The first-order chi connectivity index (χ1) is 20.1. The number of anilines is 1. The number of nitrogens with one attached hydrogen (secondary N) is 1. The lowest BCUT2D eigenvalue weighted by Crippen LogP contribution is -2.54. The van der Waals surface area contributed by atoms with Crippen molar-refractivity contribution in [1.29, 1.82) is 0 Å². The predicted molar refractivity (Wildman–Crippen MR) is 159 cm³/mol. The Morgan fingerprint density at radius 2 is 1.57 bits per heavy atom. The van der Waals surface area contributed by atoms with Crippen LogP contribution in [0.1, 0.15) is 26.3 Å². The van der Waals surface area contributed by atoms with Crippen molar-refractivity contribution in [3.63, 3.8) is 0 Å². The summed E-state index contributed by atoms with van der Waals surface area (Å²) in [5, 5.41) is 13.1. The zero-order chi connectivity index (χ0) is 30.4. The summed E-state index contributed by atoms with van der Waals surface area (Å²) in [6, 6.07) is 23.0. The molecule has 1 aromatic heterocycles. The molecule has 0 aliphatic heterocycles. The summed E-state index contributed by atoms with van der Waals surface area (Å²) >= 11 is 0. The Bertz CT molecular complexity index is 1570. The van der Waals surface area contributed by atoms with E-state index in [1.807, 2.05) is 66.9 Å². The van der Waals surface area contributed by atoms with Crippen LogP contribution < -0.4 is 14.8 Å². The summed E-state index contributed by atoms with van der Waals surface area (Å²) in [5.41, 5.74) is 0.488. The van der Waals surface area contributed by atoms with Crippen LogP contribution in [-0.2, 0) is 19.8 Å². The second kappa shape index (κ2) is 12.6. The molecular formula is C32H34N4O6. The number of hydrogen-bond donors (Lipinski definition) is 2. The number of amides is 2. The molecule has 1 heterocycles. The molecule has 2 amide bonds. The molecule has 10 heteroatoms. The summed E-state index contributed by atoms with van der Waals surface area (Å²) < 4.78 is 12.4. The number of carbonyl (C=O) groups excluding carboxylic acids is 2. The van der Waals surface area contributed by atoms with Crippen molar-refractivity contribution in [2.24, 2.45) is 0 Å². The molecule has 0 saturated heterocycles. The number of ether oxygens (including phenoxy) is 2. The lowest BCUT2D eigenvalue weighted by molar-refractivity contribution is -0.155. The number of aliphatic carboxylic acids is 1. The first-order valence-electron chi connectivity index (χ1n) is 13.4. The summed E-state index contributed by atoms with van der Waals surface area (Å²) in [6.07, 6.45) is 1.82. The third kappa shape index (κ3) is 5.97. The molecule has 4 aromatic rings. The molecule has 1 unspecified atom stereocenters. The van der Waals surface area contributed by atoms with Gasteiger partial charge in [-0.25, -0.2) is 4.98 Å². The molecule has 0 fully saturated rings. The quantitative estimate of drug-likeness (QED) is 0.249. The average molecular weight is 571 g/mol. The summed E-state index contributed by atoms with van der Waals surface area (Å²) in [4.78, 5) is 45.9. The molecule has 0 bridgehead atoms. The van der Waals surface area contributed by atoms with Gasteiger partial charge in [0.05, 0.1) is 19.9 Å². The highest BCUT2D eigenvalue weighted by Gasteiger charge is 2.47. The third-order valence-corrected chi connectivity index (χ3v) is 7.08. The topological polar surface area (TPSA) is 123 Å². The summed E-state index contributed by atoms with van der Waals surface area (Å²) in [6.45, 7) is 4.37. The Balaban J connectivity index is 1.65. The van der Waals surface area contributed by atoms with Crippen molar-refractivity contribution in [3.05, 3.63) is 90.6 Å². The Morgan fingerprint density at radius 3 is 2.14 bits per heavy atom. The van der Waals surface area contributed by atoms with Gasteiger partial charge in [-0.15, -0.1) is 0 Å². The van der Waals surface area contributed by atoms with Crippen LogP contribution in [0.5, 0.6) is 11.5 Å². The Kier molecular flexibility index (Phi) is 8.95. The standard InChI is InChI=1S/C32H34N4O6/c1-21(2)35(29(38)32(3,30(39)40)23-16-17-26(41-4)27(18-23)42-5)20-28(37)34-31-33-25(22-12-8-6-9-13-22)19-36(31)24-14-10-7-11-15-24/h6-19,21H,20H2,1-5H3,(H,39,40)(H,33,34,37). The van der Waals surface area contributed by atoms with Gasteiger partial charge in [-0.2, -0.15) is 0 Å². The lowest BCUT2D eigenvalue weighted by atomic mass is 9.80. The molecule has 1 atom stereocenters. The highest BCUT2D eigenvalue weighted by atomic mass is 16.5. The van der Waals surface area contributed by atoms with E-state index in [1.54, 1.807) is 24.5 Å². The molecule has 3 aromatic carbocycles. The van der Waals surface area contributed by atoms with Crippen molar-refractivity contribution < 1.29 is 29.0 Å². The molecule has 42 heavy (non-hydrogen) atoms. The van der Waals surface area contributed by atoms with Crippen LogP contribution in [0.4, 0.5) is 5.95 Å². The fourth-order valence-electron chi connectivity index (χ4n) is 4.58. The van der Waals surface area contributed by atoms with Crippen LogP contribution in [0.2, 0.25) is 0 Å². The van der Waals surface area contributed by atoms with E-state index in [2.05, 4.69) is 10.3 Å². The lowest BCUT2D eigenvalue weighted by Gasteiger charge is -2.34. The number of para-hydroxylation sites is 1. The summed E-state index contributed by atoms with van der Waals surface area (Å²) in [7, 11) is 2.89. The van der Waals surface area contributed by atoms with E-state index in [1.165, 1.54) is 38.2 Å². The number of carboxylic acid groups (broad SMARTS) is 1. The maximum atomic E-state index is 13.9. The van der Waals surface area contributed by atoms with Gasteiger partial charge in [0.25, 0.3) is 0 Å². The number of nitrogens with zero attached hydrogens (tertiary/aromatic N) is 3. The van der Waals surface area contributed by atoms with Crippen molar-refractivity contribution in [1.82, 2.24) is 14.5 Å². The maximum absolute atomic E-state index is 13.9. The van der Waals surface area contributed by atoms with Gasteiger partial charge in [-0.1, -0.05) is 54.6 Å². The van der Waals surface area contributed by atoms with E-state index in [0.717, 1.165) is 11.3 Å². The third-order valence-electron chi connectivity index (χ3n) is 7.08. The number of methoxy groups -OCH3 is 2. The van der Waals surface area contributed by atoms with Gasteiger partial charge in [0.15, 0.2) is 16.9 Å². The number of rotatable bonds is 11. The van der Waals surface area contributed by atoms with Gasteiger partial charge in [0, 0.05) is 23.5 Å². The maximum Gasteiger partial charge on any atom is 0.323 e. The van der Waals surface area contributed by atoms with Crippen LogP contribution in [0, 0.1) is 0 Å². The zero-order valence-corrected chi connectivity index (χ0v) is 24.2. The number of carboxylic acids is 1. The first kappa shape index (κ1) is 29.9. The largest absolute Gasteiger partial charge is 0.493 e. The normalized spacial score (nSPS) is 12.3. The minimum atomic E-state index is -2.01. The van der Waals surface area contributed by atoms with Crippen molar-refractivity contribution in [2.45, 2.75) is 32.2 Å². The number of imidazole rings is 1. The molecule has 0 spiro atoms.